The third-order valence-electron chi connectivity index (χ3n) is 4.08. The molecule has 0 aliphatic carbocycles. The fourth-order valence-electron chi connectivity index (χ4n) is 2.66. The van der Waals surface area contributed by atoms with E-state index in [0.29, 0.717) is 16.4 Å². The van der Waals surface area contributed by atoms with E-state index in [1.165, 1.54) is 23.5 Å². The molecule has 5 nitrogen and oxygen atoms in total. The van der Waals surface area contributed by atoms with Crippen LogP contribution in [0.2, 0.25) is 5.02 Å². The zero-order valence-electron chi connectivity index (χ0n) is 15.4. The van der Waals surface area contributed by atoms with Crippen LogP contribution in [0.4, 0.5) is 0 Å². The van der Waals surface area contributed by atoms with Gasteiger partial charge in [0.05, 0.1) is 15.1 Å². The number of thioether (sulfide) groups is 1. The molecule has 0 radical (unpaired) electrons. The van der Waals surface area contributed by atoms with Crippen molar-refractivity contribution in [3.63, 3.8) is 0 Å². The van der Waals surface area contributed by atoms with Crippen molar-refractivity contribution >= 4 is 60.7 Å². The van der Waals surface area contributed by atoms with Crippen LogP contribution in [-0.4, -0.2) is 36.7 Å². The highest BCUT2D eigenvalue weighted by Crippen LogP contribution is 2.22. The van der Waals surface area contributed by atoms with Gasteiger partial charge in [0.2, 0.25) is 0 Å². The number of aromatic nitrogens is 1. The summed E-state index contributed by atoms with van der Waals surface area (Å²) in [4.78, 5) is 17.2. The van der Waals surface area contributed by atoms with E-state index in [1.54, 1.807) is 30.0 Å². The molecule has 0 fully saturated rings. The average molecular weight is 455 g/mol. The predicted molar refractivity (Wildman–Crippen MR) is 117 cm³/mol. The Balaban J connectivity index is 1.96. The van der Waals surface area contributed by atoms with Gasteiger partial charge in [0.15, 0.2) is 14.6 Å². The molecule has 1 heterocycles. The smallest absolute Gasteiger partial charge is 0.263 e. The molecule has 0 spiro atoms. The number of amides is 1. The number of rotatable bonds is 6. The summed E-state index contributed by atoms with van der Waals surface area (Å²) in [6.07, 6.45) is 2.00. The molecule has 0 unspecified atom stereocenters. The second kappa shape index (κ2) is 8.82. The Kier molecular flexibility index (Phi) is 6.65. The van der Waals surface area contributed by atoms with Gasteiger partial charge in [0, 0.05) is 17.3 Å². The summed E-state index contributed by atoms with van der Waals surface area (Å²) in [5, 5.41) is 0.602. The Labute approximate surface area is 177 Å². The van der Waals surface area contributed by atoms with Gasteiger partial charge >= 0.3 is 0 Å². The Bertz CT molecular complexity index is 1180. The molecule has 1 aromatic heterocycles. The van der Waals surface area contributed by atoms with Gasteiger partial charge in [-0.3, -0.25) is 4.79 Å². The van der Waals surface area contributed by atoms with Gasteiger partial charge < -0.3 is 4.57 Å². The van der Waals surface area contributed by atoms with Crippen molar-refractivity contribution < 1.29 is 13.2 Å². The molecule has 148 valence electrons. The molecule has 0 saturated carbocycles. The van der Waals surface area contributed by atoms with Crippen molar-refractivity contribution in [2.75, 3.05) is 17.8 Å². The maximum Gasteiger partial charge on any atom is 0.263 e. The van der Waals surface area contributed by atoms with E-state index in [2.05, 4.69) is 4.99 Å². The third kappa shape index (κ3) is 4.86. The van der Waals surface area contributed by atoms with E-state index >= 15 is 0 Å². The first-order valence-electron chi connectivity index (χ1n) is 8.45. The molecular formula is C19H19ClN2O3S3. The van der Waals surface area contributed by atoms with E-state index in [4.69, 9.17) is 11.6 Å². The number of sulfone groups is 1. The summed E-state index contributed by atoms with van der Waals surface area (Å²) in [5.74, 6) is -0.499. The SMILES string of the molecule is CSCCn1c(=NC(=O)CS(=O)(=O)c2ccc(C)cc2)sc2cc(Cl)ccc21. The molecule has 0 bridgehead atoms. The number of halogens is 1. The lowest BCUT2D eigenvalue weighted by Gasteiger charge is -2.04. The van der Waals surface area contributed by atoms with Crippen molar-refractivity contribution in [1.82, 2.24) is 4.57 Å². The Morgan fingerprint density at radius 2 is 1.93 bits per heavy atom. The van der Waals surface area contributed by atoms with E-state index in [0.717, 1.165) is 21.5 Å². The minimum atomic E-state index is -3.74. The van der Waals surface area contributed by atoms with Gasteiger partial charge in [0.1, 0.15) is 5.75 Å². The van der Waals surface area contributed by atoms with Crippen molar-refractivity contribution in [3.8, 4) is 0 Å². The van der Waals surface area contributed by atoms with Gasteiger partial charge in [0.25, 0.3) is 5.91 Å². The van der Waals surface area contributed by atoms with Gasteiger partial charge in [-0.25, -0.2) is 8.42 Å². The van der Waals surface area contributed by atoms with Crippen LogP contribution in [0, 0.1) is 6.92 Å². The fourth-order valence-corrected chi connectivity index (χ4v) is 5.48. The number of benzene rings is 2. The lowest BCUT2D eigenvalue weighted by molar-refractivity contribution is -0.115. The number of hydrogen-bond acceptors (Lipinski definition) is 5. The zero-order chi connectivity index (χ0) is 20.3. The predicted octanol–water partition coefficient (Wildman–Crippen LogP) is 3.93. The molecule has 0 aliphatic heterocycles. The highest BCUT2D eigenvalue weighted by atomic mass is 35.5. The highest BCUT2D eigenvalue weighted by Gasteiger charge is 2.19. The maximum atomic E-state index is 12.5. The Morgan fingerprint density at radius 1 is 1.21 bits per heavy atom. The number of thiazole rings is 1. The van der Waals surface area contributed by atoms with E-state index in [1.807, 2.05) is 29.9 Å². The van der Waals surface area contributed by atoms with Crippen LogP contribution >= 0.6 is 34.7 Å². The second-order valence-corrected chi connectivity index (χ2v) is 10.6. The number of nitrogens with zero attached hydrogens (tertiary/aromatic N) is 2. The van der Waals surface area contributed by atoms with Crippen LogP contribution in [0.1, 0.15) is 5.56 Å². The topological polar surface area (TPSA) is 68.5 Å². The van der Waals surface area contributed by atoms with E-state index < -0.39 is 21.5 Å². The first kappa shape index (κ1) is 21.1. The van der Waals surface area contributed by atoms with E-state index in [-0.39, 0.29) is 4.90 Å². The Morgan fingerprint density at radius 3 is 2.61 bits per heavy atom. The molecule has 0 saturated heterocycles. The van der Waals surface area contributed by atoms with Gasteiger partial charge in [-0.2, -0.15) is 16.8 Å². The largest absolute Gasteiger partial charge is 0.316 e. The zero-order valence-corrected chi connectivity index (χ0v) is 18.6. The summed E-state index contributed by atoms with van der Waals surface area (Å²) in [5.41, 5.74) is 1.88. The number of hydrogen-bond donors (Lipinski definition) is 0. The summed E-state index contributed by atoms with van der Waals surface area (Å²) in [6, 6.07) is 11.9. The lowest BCUT2D eigenvalue weighted by atomic mass is 10.2. The van der Waals surface area contributed by atoms with Crippen LogP contribution in [-0.2, 0) is 21.2 Å². The minimum absolute atomic E-state index is 0.125. The van der Waals surface area contributed by atoms with Gasteiger partial charge in [-0.1, -0.05) is 40.6 Å². The number of fused-ring (bicyclic) bond motifs is 1. The lowest BCUT2D eigenvalue weighted by Crippen LogP contribution is -2.21. The number of aryl methyl sites for hydroxylation is 2. The number of carbonyl (C=O) groups excluding carboxylic acids is 1. The summed E-state index contributed by atoms with van der Waals surface area (Å²) < 4.78 is 27.9. The van der Waals surface area contributed by atoms with Crippen LogP contribution in [0.5, 0.6) is 0 Å². The summed E-state index contributed by atoms with van der Waals surface area (Å²) in [7, 11) is -3.74. The molecule has 1 amide bonds. The third-order valence-corrected chi connectivity index (χ3v) is 7.56. The second-order valence-electron chi connectivity index (χ2n) is 6.22. The first-order valence-corrected chi connectivity index (χ1v) is 12.7. The molecule has 2 aromatic carbocycles. The standard InChI is InChI=1S/C19H19ClN2O3S3/c1-13-3-6-15(7-4-13)28(24,25)12-18(23)21-19-22(9-10-26-2)16-8-5-14(20)11-17(16)27-19/h3-8,11H,9-10,12H2,1-2H3. The van der Waals surface area contributed by atoms with Crippen LogP contribution in [0.15, 0.2) is 52.4 Å². The normalized spacial score (nSPS) is 12.6. The summed E-state index contributed by atoms with van der Waals surface area (Å²) >= 11 is 9.08. The van der Waals surface area contributed by atoms with Gasteiger partial charge in [-0.05, 0) is 43.5 Å². The highest BCUT2D eigenvalue weighted by molar-refractivity contribution is 7.98. The first-order chi connectivity index (χ1) is 13.3. The van der Waals surface area contributed by atoms with E-state index in [9.17, 15) is 13.2 Å². The molecule has 3 aromatic rings. The molecule has 3 rings (SSSR count). The monoisotopic (exact) mass is 454 g/mol. The van der Waals surface area contributed by atoms with Crippen molar-refractivity contribution in [3.05, 3.63) is 57.9 Å². The van der Waals surface area contributed by atoms with Crippen molar-refractivity contribution in [1.29, 1.82) is 0 Å². The van der Waals surface area contributed by atoms with Crippen molar-refractivity contribution in [2.45, 2.75) is 18.4 Å². The average Bonchev–Trinajstić information content (AvgIpc) is 2.95. The molecule has 0 aliphatic rings. The molecule has 0 N–H and O–H groups in total. The summed E-state index contributed by atoms with van der Waals surface area (Å²) in [6.45, 7) is 2.54. The molecular weight excluding hydrogens is 436 g/mol. The minimum Gasteiger partial charge on any atom is -0.316 e. The maximum absolute atomic E-state index is 12.5. The molecule has 9 heteroatoms. The van der Waals surface area contributed by atoms with Gasteiger partial charge in [-0.15, -0.1) is 0 Å². The van der Waals surface area contributed by atoms with Crippen LogP contribution < -0.4 is 4.80 Å². The quantitative estimate of drug-likeness (QED) is 0.566. The van der Waals surface area contributed by atoms with Crippen LogP contribution in [0.3, 0.4) is 0 Å². The number of carbonyl (C=O) groups is 1. The van der Waals surface area contributed by atoms with Crippen LogP contribution in [0.25, 0.3) is 10.2 Å². The Hall–Kier alpha value is -1.61. The molecule has 28 heavy (non-hydrogen) atoms. The van der Waals surface area contributed by atoms with Crippen molar-refractivity contribution in [2.24, 2.45) is 4.99 Å². The fraction of sp³-hybridized carbons (Fsp3) is 0.263. The molecule has 0 atom stereocenters.